The van der Waals surface area contributed by atoms with Crippen molar-refractivity contribution in [2.75, 3.05) is 6.54 Å². The highest BCUT2D eigenvalue weighted by Crippen LogP contribution is 2.30. The first kappa shape index (κ1) is 15.4. The maximum atomic E-state index is 12.4. The van der Waals surface area contributed by atoms with Crippen molar-refractivity contribution in [1.82, 2.24) is 10.5 Å². The van der Waals surface area contributed by atoms with Crippen molar-refractivity contribution in [1.29, 1.82) is 0 Å². The van der Waals surface area contributed by atoms with Crippen LogP contribution < -0.4 is 10.1 Å². The van der Waals surface area contributed by atoms with Crippen LogP contribution in [0.5, 0.6) is 5.75 Å². The number of nitrogens with zero attached hydrogens (tertiary/aromatic N) is 1. The standard InChI is InChI=1S/C14H15F3N2O2/c1-2-18-8-11-7-13(21-19-11)9-20-12-5-3-10(4-6-12)14(15,16)17/h3-7,18H,2,8-9H2,1H3. The fraction of sp³-hybridized carbons (Fsp3) is 0.357. The summed E-state index contributed by atoms with van der Waals surface area (Å²) in [5.74, 6) is 0.857. The number of rotatable bonds is 6. The van der Waals surface area contributed by atoms with Crippen molar-refractivity contribution in [3.8, 4) is 5.75 Å². The number of aromatic nitrogens is 1. The number of halogens is 3. The molecule has 0 atom stereocenters. The highest BCUT2D eigenvalue weighted by atomic mass is 19.4. The minimum absolute atomic E-state index is 0.116. The highest BCUT2D eigenvalue weighted by molar-refractivity contribution is 5.28. The molecule has 0 bridgehead atoms. The second-order valence-electron chi connectivity index (χ2n) is 4.38. The fourth-order valence-electron chi connectivity index (χ4n) is 1.65. The zero-order chi connectivity index (χ0) is 15.3. The number of alkyl halides is 3. The average molecular weight is 300 g/mol. The van der Waals surface area contributed by atoms with E-state index in [1.165, 1.54) is 12.1 Å². The summed E-state index contributed by atoms with van der Waals surface area (Å²) >= 11 is 0. The molecule has 2 aromatic rings. The third kappa shape index (κ3) is 4.49. The van der Waals surface area contributed by atoms with Gasteiger partial charge in [-0.25, -0.2) is 0 Å². The van der Waals surface area contributed by atoms with Crippen LogP contribution in [-0.4, -0.2) is 11.7 Å². The number of benzene rings is 1. The summed E-state index contributed by atoms with van der Waals surface area (Å²) in [6, 6.07) is 6.25. The lowest BCUT2D eigenvalue weighted by atomic mass is 10.2. The molecule has 2 rings (SSSR count). The van der Waals surface area contributed by atoms with Crippen molar-refractivity contribution in [3.63, 3.8) is 0 Å². The molecule has 1 aromatic heterocycles. The van der Waals surface area contributed by atoms with Gasteiger partial charge in [0, 0.05) is 12.6 Å². The van der Waals surface area contributed by atoms with Crippen LogP contribution in [0, 0.1) is 0 Å². The number of hydrogen-bond donors (Lipinski definition) is 1. The van der Waals surface area contributed by atoms with Crippen LogP contribution >= 0.6 is 0 Å². The summed E-state index contributed by atoms with van der Waals surface area (Å²) in [5, 5.41) is 6.95. The molecule has 0 saturated carbocycles. The quantitative estimate of drug-likeness (QED) is 0.888. The Morgan fingerprint density at radius 3 is 2.57 bits per heavy atom. The molecule has 0 aliphatic carbocycles. The van der Waals surface area contributed by atoms with E-state index >= 15 is 0 Å². The molecule has 1 heterocycles. The van der Waals surface area contributed by atoms with Crippen LogP contribution in [0.2, 0.25) is 0 Å². The molecule has 1 aromatic carbocycles. The van der Waals surface area contributed by atoms with E-state index in [1.54, 1.807) is 6.07 Å². The molecule has 0 fully saturated rings. The first-order valence-corrected chi connectivity index (χ1v) is 6.44. The summed E-state index contributed by atoms with van der Waals surface area (Å²) in [5.41, 5.74) is 0.0466. The molecule has 21 heavy (non-hydrogen) atoms. The lowest BCUT2D eigenvalue weighted by molar-refractivity contribution is -0.137. The first-order chi connectivity index (χ1) is 9.99. The van der Waals surface area contributed by atoms with Gasteiger partial charge in [-0.2, -0.15) is 13.2 Å². The molecule has 0 amide bonds. The van der Waals surface area contributed by atoms with E-state index < -0.39 is 11.7 Å². The molecule has 1 N–H and O–H groups in total. The van der Waals surface area contributed by atoms with Gasteiger partial charge in [0.1, 0.15) is 12.4 Å². The van der Waals surface area contributed by atoms with E-state index in [4.69, 9.17) is 9.26 Å². The Hall–Kier alpha value is -2.02. The van der Waals surface area contributed by atoms with Crippen LogP contribution in [0.15, 0.2) is 34.9 Å². The van der Waals surface area contributed by atoms with Crippen LogP contribution in [0.3, 0.4) is 0 Å². The van der Waals surface area contributed by atoms with E-state index in [1.807, 2.05) is 6.92 Å². The third-order valence-corrected chi connectivity index (χ3v) is 2.73. The van der Waals surface area contributed by atoms with E-state index in [9.17, 15) is 13.2 Å². The molecule has 0 radical (unpaired) electrons. The van der Waals surface area contributed by atoms with E-state index in [0.717, 1.165) is 24.4 Å². The lowest BCUT2D eigenvalue weighted by Gasteiger charge is -2.08. The van der Waals surface area contributed by atoms with Crippen molar-refractivity contribution in [2.45, 2.75) is 26.3 Å². The number of nitrogens with one attached hydrogen (secondary N) is 1. The van der Waals surface area contributed by atoms with Gasteiger partial charge in [0.15, 0.2) is 5.76 Å². The number of hydrogen-bond acceptors (Lipinski definition) is 4. The monoisotopic (exact) mass is 300 g/mol. The van der Waals surface area contributed by atoms with Gasteiger partial charge in [-0.05, 0) is 30.8 Å². The van der Waals surface area contributed by atoms with Gasteiger partial charge < -0.3 is 14.6 Å². The largest absolute Gasteiger partial charge is 0.486 e. The topological polar surface area (TPSA) is 47.3 Å². The van der Waals surface area contributed by atoms with Crippen LogP contribution in [-0.2, 0) is 19.3 Å². The molecular formula is C14H15F3N2O2. The van der Waals surface area contributed by atoms with Gasteiger partial charge in [-0.3, -0.25) is 0 Å². The van der Waals surface area contributed by atoms with Crippen molar-refractivity contribution < 1.29 is 22.4 Å². The minimum Gasteiger partial charge on any atom is -0.486 e. The maximum Gasteiger partial charge on any atom is 0.416 e. The average Bonchev–Trinajstić information content (AvgIpc) is 2.90. The van der Waals surface area contributed by atoms with Crippen LogP contribution in [0.4, 0.5) is 13.2 Å². The molecule has 0 aliphatic heterocycles. The molecular weight excluding hydrogens is 285 g/mol. The Balaban J connectivity index is 1.89. The second kappa shape index (κ2) is 6.62. The lowest BCUT2D eigenvalue weighted by Crippen LogP contribution is -2.11. The Morgan fingerprint density at radius 1 is 1.24 bits per heavy atom. The summed E-state index contributed by atoms with van der Waals surface area (Å²) in [6.07, 6.45) is -4.34. The minimum atomic E-state index is -4.34. The Morgan fingerprint density at radius 2 is 1.95 bits per heavy atom. The van der Waals surface area contributed by atoms with Crippen LogP contribution in [0.25, 0.3) is 0 Å². The normalized spacial score (nSPS) is 11.6. The zero-order valence-corrected chi connectivity index (χ0v) is 11.4. The summed E-state index contributed by atoms with van der Waals surface area (Å²) in [4.78, 5) is 0. The molecule has 0 aliphatic rings. The Kier molecular flexibility index (Phi) is 4.85. The van der Waals surface area contributed by atoms with Gasteiger partial charge in [-0.1, -0.05) is 12.1 Å². The van der Waals surface area contributed by atoms with E-state index in [2.05, 4.69) is 10.5 Å². The number of ether oxygens (including phenoxy) is 1. The van der Waals surface area contributed by atoms with Gasteiger partial charge in [0.2, 0.25) is 0 Å². The second-order valence-corrected chi connectivity index (χ2v) is 4.38. The maximum absolute atomic E-state index is 12.4. The molecule has 7 heteroatoms. The van der Waals surface area contributed by atoms with E-state index in [0.29, 0.717) is 18.1 Å². The van der Waals surface area contributed by atoms with Crippen molar-refractivity contribution in [3.05, 3.63) is 47.3 Å². The summed E-state index contributed by atoms with van der Waals surface area (Å²) in [7, 11) is 0. The van der Waals surface area contributed by atoms with Gasteiger partial charge in [0.25, 0.3) is 0 Å². The third-order valence-electron chi connectivity index (χ3n) is 2.73. The summed E-state index contributed by atoms with van der Waals surface area (Å²) in [6.45, 7) is 3.52. The highest BCUT2D eigenvalue weighted by Gasteiger charge is 2.30. The molecule has 0 unspecified atom stereocenters. The zero-order valence-electron chi connectivity index (χ0n) is 11.4. The molecule has 0 saturated heterocycles. The Labute approximate surface area is 119 Å². The summed E-state index contributed by atoms with van der Waals surface area (Å²) < 4.78 is 47.6. The van der Waals surface area contributed by atoms with Gasteiger partial charge >= 0.3 is 6.18 Å². The fourth-order valence-corrected chi connectivity index (χ4v) is 1.65. The van der Waals surface area contributed by atoms with Crippen molar-refractivity contribution >= 4 is 0 Å². The van der Waals surface area contributed by atoms with Crippen molar-refractivity contribution in [2.24, 2.45) is 0 Å². The van der Waals surface area contributed by atoms with Crippen LogP contribution in [0.1, 0.15) is 23.9 Å². The van der Waals surface area contributed by atoms with E-state index in [-0.39, 0.29) is 6.61 Å². The molecule has 4 nitrogen and oxygen atoms in total. The predicted molar refractivity (Wildman–Crippen MR) is 69.7 cm³/mol. The first-order valence-electron chi connectivity index (χ1n) is 6.44. The van der Waals surface area contributed by atoms with Gasteiger partial charge in [0.05, 0.1) is 11.3 Å². The SMILES string of the molecule is CCNCc1cc(COc2ccc(C(F)(F)F)cc2)on1. The molecule has 0 spiro atoms. The predicted octanol–water partition coefficient (Wildman–Crippen LogP) is 3.38. The smallest absolute Gasteiger partial charge is 0.416 e. The Bertz CT molecular complexity index is 564. The molecule has 114 valence electrons. The van der Waals surface area contributed by atoms with Gasteiger partial charge in [-0.15, -0.1) is 0 Å².